The molecule has 1 aromatic rings. The number of halogens is 1. The van der Waals surface area contributed by atoms with E-state index < -0.39 is 0 Å². The molecule has 90 valence electrons. The van der Waals surface area contributed by atoms with Crippen LogP contribution >= 0.6 is 12.6 Å². The summed E-state index contributed by atoms with van der Waals surface area (Å²) in [5, 5.41) is 0. The quantitative estimate of drug-likeness (QED) is 0.570. The zero-order valence-electron chi connectivity index (χ0n) is 9.23. The van der Waals surface area contributed by atoms with Crippen molar-refractivity contribution in [1.29, 1.82) is 0 Å². The number of hydrogen-bond donors (Lipinski definition) is 2. The molecule has 0 radical (unpaired) electrons. The number of benzene rings is 1. The van der Waals surface area contributed by atoms with Gasteiger partial charge in [-0.3, -0.25) is 0 Å². The van der Waals surface area contributed by atoms with E-state index in [0.717, 1.165) is 25.0 Å². The number of ether oxygens (including phenoxy) is 1. The minimum atomic E-state index is -0.243. The van der Waals surface area contributed by atoms with Gasteiger partial charge in [0.25, 0.3) is 0 Å². The highest BCUT2D eigenvalue weighted by Gasteiger charge is 1.99. The molecule has 0 aromatic heterocycles. The molecule has 0 heterocycles. The van der Waals surface area contributed by atoms with Crippen LogP contribution in [0, 0.1) is 5.82 Å². The topological polar surface area (TPSA) is 35.2 Å². The van der Waals surface area contributed by atoms with Crippen LogP contribution in [0.25, 0.3) is 0 Å². The van der Waals surface area contributed by atoms with Crippen molar-refractivity contribution in [1.82, 2.24) is 0 Å². The summed E-state index contributed by atoms with van der Waals surface area (Å²) in [6, 6.07) is 6.23. The highest BCUT2D eigenvalue weighted by atomic mass is 32.1. The SMILES string of the molecule is NC(CS)CCCCOc1ccc(F)cc1. The average molecular weight is 243 g/mol. The van der Waals surface area contributed by atoms with Crippen molar-refractivity contribution in [3.8, 4) is 5.75 Å². The third-order valence-corrected chi connectivity index (χ3v) is 2.76. The number of thiol groups is 1. The van der Waals surface area contributed by atoms with Gasteiger partial charge in [-0.05, 0) is 43.5 Å². The average Bonchev–Trinajstić information content (AvgIpc) is 2.31. The van der Waals surface area contributed by atoms with Crippen molar-refractivity contribution in [3.63, 3.8) is 0 Å². The maximum Gasteiger partial charge on any atom is 0.123 e. The minimum absolute atomic E-state index is 0.175. The summed E-state index contributed by atoms with van der Waals surface area (Å²) in [4.78, 5) is 0. The molecule has 0 fully saturated rings. The van der Waals surface area contributed by atoms with Gasteiger partial charge in [0.15, 0.2) is 0 Å². The van der Waals surface area contributed by atoms with E-state index in [-0.39, 0.29) is 11.9 Å². The first-order chi connectivity index (χ1) is 7.72. The Morgan fingerprint density at radius 2 is 1.94 bits per heavy atom. The lowest BCUT2D eigenvalue weighted by Crippen LogP contribution is -2.21. The van der Waals surface area contributed by atoms with E-state index in [1.165, 1.54) is 12.1 Å². The molecule has 1 rings (SSSR count). The Morgan fingerprint density at radius 1 is 1.25 bits per heavy atom. The third kappa shape index (κ3) is 5.37. The largest absolute Gasteiger partial charge is 0.494 e. The number of hydrogen-bond acceptors (Lipinski definition) is 3. The molecule has 0 aliphatic heterocycles. The first-order valence-corrected chi connectivity index (χ1v) is 6.10. The summed E-state index contributed by atoms with van der Waals surface area (Å²) in [7, 11) is 0. The highest BCUT2D eigenvalue weighted by Crippen LogP contribution is 2.11. The lowest BCUT2D eigenvalue weighted by atomic mass is 10.1. The summed E-state index contributed by atoms with van der Waals surface area (Å²) in [6.07, 6.45) is 2.96. The van der Waals surface area contributed by atoms with Gasteiger partial charge in [0.05, 0.1) is 6.61 Å². The van der Waals surface area contributed by atoms with E-state index in [1.807, 2.05) is 0 Å². The zero-order valence-corrected chi connectivity index (χ0v) is 10.1. The Labute approximate surface area is 101 Å². The second kappa shape index (κ2) is 7.52. The normalized spacial score (nSPS) is 12.4. The third-order valence-electron chi connectivity index (χ3n) is 2.29. The van der Waals surface area contributed by atoms with Crippen LogP contribution in [0.2, 0.25) is 0 Å². The van der Waals surface area contributed by atoms with Crippen LogP contribution in [0.5, 0.6) is 5.75 Å². The van der Waals surface area contributed by atoms with E-state index in [0.29, 0.717) is 12.4 Å². The summed E-state index contributed by atoms with van der Waals surface area (Å²) in [5.74, 6) is 1.19. The van der Waals surface area contributed by atoms with Crippen molar-refractivity contribution in [2.24, 2.45) is 5.73 Å². The Kier molecular flexibility index (Phi) is 6.26. The standard InChI is InChI=1S/C12H18FNOS/c13-10-4-6-12(7-5-10)15-8-2-1-3-11(14)9-16/h4-7,11,16H,1-3,8-9,14H2. The van der Waals surface area contributed by atoms with Crippen LogP contribution in [0.1, 0.15) is 19.3 Å². The molecule has 0 saturated heterocycles. The van der Waals surface area contributed by atoms with Gasteiger partial charge >= 0.3 is 0 Å². The first-order valence-electron chi connectivity index (χ1n) is 5.47. The van der Waals surface area contributed by atoms with E-state index in [2.05, 4.69) is 12.6 Å². The van der Waals surface area contributed by atoms with Crippen LogP contribution < -0.4 is 10.5 Å². The predicted molar refractivity (Wildman–Crippen MR) is 67.6 cm³/mol. The van der Waals surface area contributed by atoms with E-state index in [1.54, 1.807) is 12.1 Å². The molecular formula is C12H18FNOS. The van der Waals surface area contributed by atoms with E-state index in [4.69, 9.17) is 10.5 Å². The minimum Gasteiger partial charge on any atom is -0.494 e. The summed E-state index contributed by atoms with van der Waals surface area (Å²) in [5.41, 5.74) is 5.72. The molecule has 0 aliphatic carbocycles. The van der Waals surface area contributed by atoms with Gasteiger partial charge in [-0.1, -0.05) is 0 Å². The molecule has 0 spiro atoms. The van der Waals surface area contributed by atoms with Crippen LogP contribution in [0.4, 0.5) is 4.39 Å². The molecule has 2 N–H and O–H groups in total. The van der Waals surface area contributed by atoms with Crippen molar-refractivity contribution in [2.45, 2.75) is 25.3 Å². The van der Waals surface area contributed by atoms with Crippen LogP contribution in [-0.2, 0) is 0 Å². The molecule has 0 saturated carbocycles. The molecule has 0 bridgehead atoms. The van der Waals surface area contributed by atoms with E-state index in [9.17, 15) is 4.39 Å². The summed E-state index contributed by atoms with van der Waals surface area (Å²) >= 11 is 4.12. The van der Waals surface area contributed by atoms with Gasteiger partial charge in [0.2, 0.25) is 0 Å². The second-order valence-electron chi connectivity index (χ2n) is 3.74. The molecule has 16 heavy (non-hydrogen) atoms. The smallest absolute Gasteiger partial charge is 0.123 e. The first kappa shape index (κ1) is 13.3. The molecule has 1 unspecified atom stereocenters. The molecule has 1 atom stereocenters. The van der Waals surface area contributed by atoms with Crippen LogP contribution in [0.15, 0.2) is 24.3 Å². The van der Waals surface area contributed by atoms with Gasteiger partial charge < -0.3 is 10.5 Å². The number of nitrogens with two attached hydrogens (primary N) is 1. The van der Waals surface area contributed by atoms with Gasteiger partial charge in [0.1, 0.15) is 11.6 Å². The fourth-order valence-electron chi connectivity index (χ4n) is 1.32. The maximum absolute atomic E-state index is 12.6. The Balaban J connectivity index is 2.09. The number of unbranched alkanes of at least 4 members (excludes halogenated alkanes) is 1. The predicted octanol–water partition coefficient (Wildman–Crippen LogP) is 2.63. The molecule has 0 aliphatic rings. The maximum atomic E-state index is 12.6. The Morgan fingerprint density at radius 3 is 2.56 bits per heavy atom. The summed E-state index contributed by atoms with van der Waals surface area (Å²) in [6.45, 7) is 0.644. The molecule has 1 aromatic carbocycles. The van der Waals surface area contributed by atoms with Crippen molar-refractivity contribution in [3.05, 3.63) is 30.1 Å². The zero-order chi connectivity index (χ0) is 11.8. The van der Waals surface area contributed by atoms with Gasteiger partial charge in [-0.25, -0.2) is 4.39 Å². The molecule has 2 nitrogen and oxygen atoms in total. The molecular weight excluding hydrogens is 225 g/mol. The van der Waals surface area contributed by atoms with Crippen LogP contribution in [0.3, 0.4) is 0 Å². The Hall–Kier alpha value is -0.740. The lowest BCUT2D eigenvalue weighted by Gasteiger charge is -2.08. The van der Waals surface area contributed by atoms with Gasteiger partial charge in [-0.2, -0.15) is 12.6 Å². The van der Waals surface area contributed by atoms with Gasteiger partial charge in [-0.15, -0.1) is 0 Å². The second-order valence-corrected chi connectivity index (χ2v) is 4.11. The summed E-state index contributed by atoms with van der Waals surface area (Å²) < 4.78 is 18.0. The van der Waals surface area contributed by atoms with E-state index >= 15 is 0 Å². The van der Waals surface area contributed by atoms with Crippen molar-refractivity contribution >= 4 is 12.6 Å². The fraction of sp³-hybridized carbons (Fsp3) is 0.500. The van der Waals surface area contributed by atoms with Crippen molar-refractivity contribution < 1.29 is 9.13 Å². The molecule has 0 amide bonds. The monoisotopic (exact) mass is 243 g/mol. The van der Waals surface area contributed by atoms with Crippen molar-refractivity contribution in [2.75, 3.05) is 12.4 Å². The lowest BCUT2D eigenvalue weighted by molar-refractivity contribution is 0.303. The molecule has 4 heteroatoms. The van der Waals surface area contributed by atoms with Crippen LogP contribution in [-0.4, -0.2) is 18.4 Å². The van der Waals surface area contributed by atoms with Gasteiger partial charge in [0, 0.05) is 11.8 Å². The fourth-order valence-corrected chi connectivity index (χ4v) is 1.50. The highest BCUT2D eigenvalue weighted by molar-refractivity contribution is 7.80. The Bertz CT molecular complexity index is 292. The number of rotatable bonds is 7.